The van der Waals surface area contributed by atoms with E-state index in [-0.39, 0.29) is 24.8 Å². The number of nitrogens with one attached hydrogen (secondary N) is 1. The Morgan fingerprint density at radius 3 is 2.55 bits per heavy atom. The summed E-state index contributed by atoms with van der Waals surface area (Å²) in [7, 11) is 0. The smallest absolute Gasteiger partial charge is 0.160 e. The average Bonchev–Trinajstić information content (AvgIpc) is 3.42. The molecule has 0 unspecified atom stereocenters. The van der Waals surface area contributed by atoms with E-state index in [0.717, 1.165) is 43.5 Å². The zero-order valence-corrected chi connectivity index (χ0v) is 17.4. The normalized spacial score (nSPS) is 12.7. The Bertz CT molecular complexity index is 1030. The summed E-state index contributed by atoms with van der Waals surface area (Å²) in [5, 5.41) is 8.12. The third kappa shape index (κ3) is 4.37. The molecule has 152 valence electrons. The van der Waals surface area contributed by atoms with Crippen molar-refractivity contribution >= 4 is 24.8 Å². The molecule has 0 saturated carbocycles. The summed E-state index contributed by atoms with van der Waals surface area (Å²) in [6.07, 6.45) is 7.71. The minimum Gasteiger partial charge on any atom is -0.329 e. The molecule has 0 spiro atoms. The van der Waals surface area contributed by atoms with Gasteiger partial charge in [0.05, 0.1) is 18.8 Å². The first-order valence-electron chi connectivity index (χ1n) is 9.20. The maximum Gasteiger partial charge on any atom is 0.160 e. The van der Waals surface area contributed by atoms with Gasteiger partial charge in [0.25, 0.3) is 0 Å². The van der Waals surface area contributed by atoms with E-state index in [1.165, 1.54) is 11.3 Å². The van der Waals surface area contributed by atoms with Crippen molar-refractivity contribution < 1.29 is 0 Å². The van der Waals surface area contributed by atoms with Gasteiger partial charge in [0.15, 0.2) is 5.82 Å². The Morgan fingerprint density at radius 2 is 1.72 bits per heavy atom. The molecular weight excluding hydrogens is 409 g/mol. The molecule has 0 amide bonds. The molecular formula is C20H23Cl2N7. The van der Waals surface area contributed by atoms with Gasteiger partial charge in [-0.1, -0.05) is 30.3 Å². The summed E-state index contributed by atoms with van der Waals surface area (Å²) in [6, 6.07) is 12.6. The quantitative estimate of drug-likeness (QED) is 0.527. The Morgan fingerprint density at radius 1 is 0.931 bits per heavy atom. The van der Waals surface area contributed by atoms with Crippen LogP contribution in [0, 0.1) is 0 Å². The highest BCUT2D eigenvalue weighted by atomic mass is 35.5. The number of halogens is 2. The van der Waals surface area contributed by atoms with E-state index in [2.05, 4.69) is 59.4 Å². The summed E-state index contributed by atoms with van der Waals surface area (Å²) in [6.45, 7) is 4.19. The van der Waals surface area contributed by atoms with Crippen LogP contribution in [0.2, 0.25) is 0 Å². The Balaban J connectivity index is 0.00000120. The van der Waals surface area contributed by atoms with Crippen molar-refractivity contribution in [1.82, 2.24) is 34.2 Å². The molecule has 4 aromatic rings. The van der Waals surface area contributed by atoms with Crippen molar-refractivity contribution in [3.63, 3.8) is 0 Å². The highest BCUT2D eigenvalue weighted by molar-refractivity contribution is 5.85. The largest absolute Gasteiger partial charge is 0.329 e. The maximum atomic E-state index is 4.74. The van der Waals surface area contributed by atoms with Crippen molar-refractivity contribution in [3.05, 3.63) is 78.3 Å². The second-order valence-electron chi connectivity index (χ2n) is 6.76. The highest BCUT2D eigenvalue weighted by Gasteiger charge is 2.17. The van der Waals surface area contributed by atoms with Crippen molar-refractivity contribution in [2.75, 3.05) is 6.54 Å². The Kier molecular flexibility index (Phi) is 6.74. The lowest BCUT2D eigenvalue weighted by atomic mass is 10.2. The zero-order valence-electron chi connectivity index (χ0n) is 15.8. The van der Waals surface area contributed by atoms with Crippen molar-refractivity contribution in [1.29, 1.82) is 0 Å². The van der Waals surface area contributed by atoms with Gasteiger partial charge in [0, 0.05) is 44.4 Å². The second-order valence-corrected chi connectivity index (χ2v) is 6.76. The van der Waals surface area contributed by atoms with Crippen LogP contribution in [-0.4, -0.2) is 35.4 Å². The number of benzene rings is 1. The number of hydrogen-bond acceptors (Lipinski definition) is 4. The van der Waals surface area contributed by atoms with Gasteiger partial charge in [-0.3, -0.25) is 4.68 Å². The van der Waals surface area contributed by atoms with Gasteiger partial charge in [-0.25, -0.2) is 9.97 Å². The SMILES string of the molecule is Cl.Cl.c1ccc(Cn2ccnc2Cn2ccnc2-c2cc3n(n2)CCNC3)cc1. The predicted molar refractivity (Wildman–Crippen MR) is 117 cm³/mol. The lowest BCUT2D eigenvalue weighted by Gasteiger charge is -2.13. The minimum absolute atomic E-state index is 0. The monoisotopic (exact) mass is 431 g/mol. The van der Waals surface area contributed by atoms with E-state index in [1.54, 1.807) is 0 Å². The van der Waals surface area contributed by atoms with Crippen LogP contribution >= 0.6 is 24.8 Å². The highest BCUT2D eigenvalue weighted by Crippen LogP contribution is 2.20. The van der Waals surface area contributed by atoms with Crippen LogP contribution in [0.4, 0.5) is 0 Å². The molecule has 0 atom stereocenters. The lowest BCUT2D eigenvalue weighted by molar-refractivity contribution is 0.476. The van der Waals surface area contributed by atoms with Crippen LogP contribution < -0.4 is 5.32 Å². The van der Waals surface area contributed by atoms with Crippen molar-refractivity contribution in [2.24, 2.45) is 0 Å². The molecule has 5 rings (SSSR count). The van der Waals surface area contributed by atoms with Gasteiger partial charge < -0.3 is 14.5 Å². The lowest BCUT2D eigenvalue weighted by Crippen LogP contribution is -2.28. The Labute approximate surface area is 181 Å². The molecule has 0 fully saturated rings. The van der Waals surface area contributed by atoms with Crippen molar-refractivity contribution in [2.45, 2.75) is 26.2 Å². The Hall–Kier alpha value is -2.61. The first-order chi connectivity index (χ1) is 13.4. The van der Waals surface area contributed by atoms with Gasteiger partial charge in [-0.05, 0) is 11.6 Å². The second kappa shape index (κ2) is 9.26. The first kappa shape index (κ1) is 21.1. The van der Waals surface area contributed by atoms with Crippen LogP contribution in [0.25, 0.3) is 11.5 Å². The van der Waals surface area contributed by atoms with E-state index >= 15 is 0 Å². The number of imidazole rings is 2. The van der Waals surface area contributed by atoms with Crippen LogP contribution in [0.1, 0.15) is 17.1 Å². The van der Waals surface area contributed by atoms with Gasteiger partial charge in [-0.15, -0.1) is 24.8 Å². The third-order valence-corrected chi connectivity index (χ3v) is 4.92. The van der Waals surface area contributed by atoms with Gasteiger partial charge in [0.1, 0.15) is 11.5 Å². The molecule has 0 bridgehead atoms. The molecule has 0 aliphatic carbocycles. The molecule has 1 N–H and O–H groups in total. The number of nitrogens with zero attached hydrogens (tertiary/aromatic N) is 6. The van der Waals surface area contributed by atoms with Gasteiger partial charge in [0.2, 0.25) is 0 Å². The van der Waals surface area contributed by atoms with Crippen LogP contribution in [-0.2, 0) is 26.2 Å². The standard InChI is InChI=1S/C20H21N7.2ClH/c1-2-4-16(5-3-1)14-25-9-7-22-19(25)15-26-10-8-23-20(26)18-12-17-13-21-6-11-27(17)24-18;;/h1-5,7-10,12,21H,6,11,13-15H2;2*1H. The number of fused-ring (bicyclic) bond motifs is 1. The minimum atomic E-state index is 0. The van der Waals surface area contributed by atoms with E-state index in [4.69, 9.17) is 5.10 Å². The first-order valence-corrected chi connectivity index (χ1v) is 9.20. The van der Waals surface area contributed by atoms with Gasteiger partial charge in [-0.2, -0.15) is 5.10 Å². The molecule has 0 radical (unpaired) electrons. The van der Waals surface area contributed by atoms with E-state index in [0.29, 0.717) is 6.54 Å². The van der Waals surface area contributed by atoms with E-state index in [9.17, 15) is 0 Å². The molecule has 1 aliphatic heterocycles. The zero-order chi connectivity index (χ0) is 18.1. The van der Waals surface area contributed by atoms with E-state index < -0.39 is 0 Å². The van der Waals surface area contributed by atoms with Gasteiger partial charge >= 0.3 is 0 Å². The van der Waals surface area contributed by atoms with Crippen LogP contribution in [0.3, 0.4) is 0 Å². The number of rotatable bonds is 5. The molecule has 1 aromatic carbocycles. The summed E-state index contributed by atoms with van der Waals surface area (Å²) in [4.78, 5) is 9.12. The number of hydrogen-bond donors (Lipinski definition) is 1. The summed E-state index contributed by atoms with van der Waals surface area (Å²) >= 11 is 0. The fourth-order valence-electron chi connectivity index (χ4n) is 3.54. The van der Waals surface area contributed by atoms with Crippen LogP contribution in [0.5, 0.6) is 0 Å². The number of aromatic nitrogens is 6. The van der Waals surface area contributed by atoms with E-state index in [1.807, 2.05) is 30.9 Å². The van der Waals surface area contributed by atoms with Crippen LogP contribution in [0.15, 0.2) is 61.2 Å². The molecule has 4 heterocycles. The fraction of sp³-hybridized carbons (Fsp3) is 0.250. The molecule has 1 aliphatic rings. The topological polar surface area (TPSA) is 65.5 Å². The average molecular weight is 432 g/mol. The van der Waals surface area contributed by atoms with Crippen molar-refractivity contribution in [3.8, 4) is 11.5 Å². The summed E-state index contributed by atoms with van der Waals surface area (Å²) < 4.78 is 6.37. The molecule has 9 heteroatoms. The predicted octanol–water partition coefficient (Wildman–Crippen LogP) is 2.99. The summed E-state index contributed by atoms with van der Waals surface area (Å²) in [5.74, 6) is 1.88. The molecule has 7 nitrogen and oxygen atoms in total. The molecule has 0 saturated heterocycles. The fourth-order valence-corrected chi connectivity index (χ4v) is 3.54. The summed E-state index contributed by atoms with van der Waals surface area (Å²) in [5.41, 5.74) is 3.38. The maximum absolute atomic E-state index is 4.74. The molecule has 29 heavy (non-hydrogen) atoms. The molecule has 3 aromatic heterocycles. The third-order valence-electron chi connectivity index (χ3n) is 4.92.